The van der Waals surface area contributed by atoms with Crippen LogP contribution in [0.25, 0.3) is 0 Å². The van der Waals surface area contributed by atoms with E-state index < -0.39 is 0 Å². The summed E-state index contributed by atoms with van der Waals surface area (Å²) in [4.78, 5) is 0. The Balaban J connectivity index is 2.08. The lowest BCUT2D eigenvalue weighted by Gasteiger charge is -2.27. The van der Waals surface area contributed by atoms with Crippen LogP contribution < -0.4 is 5.32 Å². The van der Waals surface area contributed by atoms with E-state index in [0.29, 0.717) is 0 Å². The molecule has 1 atom stereocenters. The minimum Gasteiger partial charge on any atom is -0.381 e. The van der Waals surface area contributed by atoms with Gasteiger partial charge in [0.2, 0.25) is 0 Å². The molecule has 0 bridgehead atoms. The van der Waals surface area contributed by atoms with Gasteiger partial charge in [0.15, 0.2) is 0 Å². The molecule has 0 spiro atoms. The molecule has 1 aliphatic carbocycles. The van der Waals surface area contributed by atoms with E-state index in [2.05, 4.69) is 25.2 Å². The zero-order valence-corrected chi connectivity index (χ0v) is 12.7. The van der Waals surface area contributed by atoms with Gasteiger partial charge in [-0.1, -0.05) is 33.1 Å². The molecule has 0 radical (unpaired) electrons. The summed E-state index contributed by atoms with van der Waals surface area (Å²) in [5.41, 5.74) is -0.340. The van der Waals surface area contributed by atoms with Gasteiger partial charge in [0.1, 0.15) is 5.54 Å². The predicted octanol–water partition coefficient (Wildman–Crippen LogP) is 3.65. The Morgan fingerprint density at radius 2 is 2.11 bits per heavy atom. The number of nitriles is 1. The highest BCUT2D eigenvalue weighted by Crippen LogP contribution is 2.29. The molecule has 0 saturated heterocycles. The van der Waals surface area contributed by atoms with Crippen LogP contribution in [-0.4, -0.2) is 25.3 Å². The number of ether oxygens (including phenoxy) is 1. The first-order chi connectivity index (χ1) is 9.26. The molecule has 19 heavy (non-hydrogen) atoms. The fourth-order valence-electron chi connectivity index (χ4n) is 2.54. The molecular weight excluding hydrogens is 236 g/mol. The van der Waals surface area contributed by atoms with Gasteiger partial charge in [-0.25, -0.2) is 0 Å². The molecule has 110 valence electrons. The Morgan fingerprint density at radius 1 is 1.32 bits per heavy atom. The molecule has 0 aromatic heterocycles. The maximum absolute atomic E-state index is 9.36. The standard InChI is InChI=1S/C16H30N2O/c1-3-11-18-16(4-2,14-17)10-6-12-19-13-9-15-7-5-8-15/h15,18H,3-13H2,1-2H3. The van der Waals surface area contributed by atoms with E-state index in [1.165, 1.54) is 25.7 Å². The third-order valence-electron chi connectivity index (χ3n) is 4.32. The van der Waals surface area contributed by atoms with Crippen molar-refractivity contribution in [3.63, 3.8) is 0 Å². The SMILES string of the molecule is CCCNC(C#N)(CC)CCCOCCC1CCC1. The zero-order valence-electron chi connectivity index (χ0n) is 12.7. The second-order valence-electron chi connectivity index (χ2n) is 5.78. The molecule has 0 aromatic rings. The van der Waals surface area contributed by atoms with Crippen molar-refractivity contribution in [3.05, 3.63) is 0 Å². The molecule has 3 heteroatoms. The third-order valence-corrected chi connectivity index (χ3v) is 4.32. The molecule has 0 heterocycles. The van der Waals surface area contributed by atoms with Crippen molar-refractivity contribution in [1.82, 2.24) is 5.32 Å². The molecule has 0 amide bonds. The molecular formula is C16H30N2O. The predicted molar refractivity (Wildman–Crippen MR) is 78.9 cm³/mol. The molecule has 1 saturated carbocycles. The van der Waals surface area contributed by atoms with E-state index >= 15 is 0 Å². The van der Waals surface area contributed by atoms with Gasteiger partial charge >= 0.3 is 0 Å². The van der Waals surface area contributed by atoms with Crippen molar-refractivity contribution in [2.45, 2.75) is 70.8 Å². The summed E-state index contributed by atoms with van der Waals surface area (Å²) < 4.78 is 5.69. The number of nitrogens with zero attached hydrogens (tertiary/aromatic N) is 1. The van der Waals surface area contributed by atoms with E-state index in [1.807, 2.05) is 0 Å². The highest BCUT2D eigenvalue weighted by atomic mass is 16.5. The van der Waals surface area contributed by atoms with E-state index in [4.69, 9.17) is 4.74 Å². The molecule has 1 unspecified atom stereocenters. The first kappa shape index (κ1) is 16.5. The van der Waals surface area contributed by atoms with Gasteiger partial charge in [0.25, 0.3) is 0 Å². The quantitative estimate of drug-likeness (QED) is 0.581. The van der Waals surface area contributed by atoms with Crippen LogP contribution >= 0.6 is 0 Å². The second-order valence-corrected chi connectivity index (χ2v) is 5.78. The maximum atomic E-state index is 9.36. The van der Waals surface area contributed by atoms with Crippen molar-refractivity contribution >= 4 is 0 Å². The molecule has 1 fully saturated rings. The van der Waals surface area contributed by atoms with Gasteiger partial charge in [-0.3, -0.25) is 5.32 Å². The van der Waals surface area contributed by atoms with Crippen molar-refractivity contribution in [2.24, 2.45) is 5.92 Å². The van der Waals surface area contributed by atoms with Gasteiger partial charge in [-0.2, -0.15) is 5.26 Å². The average Bonchev–Trinajstić information content (AvgIpc) is 2.39. The van der Waals surface area contributed by atoms with Crippen LogP contribution in [0.1, 0.15) is 65.2 Å². The van der Waals surface area contributed by atoms with Crippen LogP contribution in [-0.2, 0) is 4.74 Å². The lowest BCUT2D eigenvalue weighted by Crippen LogP contribution is -2.44. The van der Waals surface area contributed by atoms with Crippen LogP contribution in [0.5, 0.6) is 0 Å². The summed E-state index contributed by atoms with van der Waals surface area (Å²) in [7, 11) is 0. The van der Waals surface area contributed by atoms with Crippen molar-refractivity contribution in [3.8, 4) is 6.07 Å². The Labute approximate surface area is 118 Å². The number of nitrogens with one attached hydrogen (secondary N) is 1. The molecule has 1 N–H and O–H groups in total. The van der Waals surface area contributed by atoms with Gasteiger partial charge in [0.05, 0.1) is 6.07 Å². The van der Waals surface area contributed by atoms with Gasteiger partial charge in [-0.05, 0) is 44.6 Å². The first-order valence-corrected chi connectivity index (χ1v) is 8.00. The molecule has 1 aliphatic rings. The van der Waals surface area contributed by atoms with E-state index in [1.54, 1.807) is 0 Å². The van der Waals surface area contributed by atoms with Crippen LogP contribution in [0.15, 0.2) is 0 Å². The number of hydrogen-bond acceptors (Lipinski definition) is 3. The topological polar surface area (TPSA) is 45.0 Å². The third kappa shape index (κ3) is 5.93. The molecule has 1 rings (SSSR count). The summed E-state index contributed by atoms with van der Waals surface area (Å²) in [6.07, 6.45) is 9.24. The minimum atomic E-state index is -0.340. The average molecular weight is 266 g/mol. The Morgan fingerprint density at radius 3 is 2.63 bits per heavy atom. The smallest absolute Gasteiger partial charge is 0.106 e. The van der Waals surface area contributed by atoms with Crippen LogP contribution in [0.3, 0.4) is 0 Å². The largest absolute Gasteiger partial charge is 0.381 e. The minimum absolute atomic E-state index is 0.340. The zero-order chi connectivity index (χ0) is 14.0. The van der Waals surface area contributed by atoms with Crippen LogP contribution in [0, 0.1) is 17.2 Å². The highest BCUT2D eigenvalue weighted by Gasteiger charge is 2.26. The van der Waals surface area contributed by atoms with E-state index in [0.717, 1.165) is 51.4 Å². The summed E-state index contributed by atoms with van der Waals surface area (Å²) in [5.74, 6) is 0.931. The van der Waals surface area contributed by atoms with Crippen LogP contribution in [0.4, 0.5) is 0 Å². The van der Waals surface area contributed by atoms with Crippen molar-refractivity contribution in [2.75, 3.05) is 19.8 Å². The van der Waals surface area contributed by atoms with E-state index in [-0.39, 0.29) is 5.54 Å². The maximum Gasteiger partial charge on any atom is 0.106 e. The van der Waals surface area contributed by atoms with E-state index in [9.17, 15) is 5.26 Å². The number of hydrogen-bond donors (Lipinski definition) is 1. The Bertz CT molecular complexity index is 270. The molecule has 0 aliphatic heterocycles. The number of rotatable bonds is 11. The van der Waals surface area contributed by atoms with Crippen molar-refractivity contribution < 1.29 is 4.74 Å². The van der Waals surface area contributed by atoms with Gasteiger partial charge < -0.3 is 4.74 Å². The summed E-state index contributed by atoms with van der Waals surface area (Å²) in [5, 5.41) is 12.8. The second kappa shape index (κ2) is 9.34. The summed E-state index contributed by atoms with van der Waals surface area (Å²) >= 11 is 0. The van der Waals surface area contributed by atoms with Crippen LogP contribution in [0.2, 0.25) is 0 Å². The highest BCUT2D eigenvalue weighted by molar-refractivity contribution is 5.06. The molecule has 0 aromatic carbocycles. The fraction of sp³-hybridized carbons (Fsp3) is 0.938. The summed E-state index contributed by atoms with van der Waals surface area (Å²) in [6.45, 7) is 6.84. The Kier molecular flexibility index (Phi) is 8.09. The Hall–Kier alpha value is -0.590. The lowest BCUT2D eigenvalue weighted by molar-refractivity contribution is 0.0999. The molecule has 3 nitrogen and oxygen atoms in total. The normalized spacial score (nSPS) is 18.6. The fourth-order valence-corrected chi connectivity index (χ4v) is 2.54. The van der Waals surface area contributed by atoms with Gasteiger partial charge in [-0.15, -0.1) is 0 Å². The van der Waals surface area contributed by atoms with Gasteiger partial charge in [0, 0.05) is 13.2 Å². The first-order valence-electron chi connectivity index (χ1n) is 8.00. The summed E-state index contributed by atoms with van der Waals surface area (Å²) in [6, 6.07) is 2.46. The monoisotopic (exact) mass is 266 g/mol. The lowest BCUT2D eigenvalue weighted by atomic mass is 9.83. The van der Waals surface area contributed by atoms with Crippen molar-refractivity contribution in [1.29, 1.82) is 5.26 Å².